The second-order valence-electron chi connectivity index (χ2n) is 4.77. The predicted molar refractivity (Wildman–Crippen MR) is 84.7 cm³/mol. The van der Waals surface area contributed by atoms with E-state index in [1.165, 1.54) is 14.0 Å². The first-order valence-corrected chi connectivity index (χ1v) is 7.14. The normalized spacial score (nSPS) is 11.2. The van der Waals surface area contributed by atoms with Gasteiger partial charge in [0.15, 0.2) is 0 Å². The van der Waals surface area contributed by atoms with Crippen molar-refractivity contribution in [3.8, 4) is 0 Å². The number of carbonyl (C=O) groups is 2. The van der Waals surface area contributed by atoms with Gasteiger partial charge >= 0.3 is 6.09 Å². The molecule has 21 heavy (non-hydrogen) atoms. The van der Waals surface area contributed by atoms with E-state index in [0.717, 1.165) is 10.6 Å². The van der Waals surface area contributed by atoms with Crippen molar-refractivity contribution in [3.05, 3.63) is 24.3 Å². The molecule has 0 aliphatic heterocycles. The van der Waals surface area contributed by atoms with Crippen LogP contribution in [0.4, 0.5) is 10.5 Å². The summed E-state index contributed by atoms with van der Waals surface area (Å²) in [5.74, 6) is -0.103. The summed E-state index contributed by atoms with van der Waals surface area (Å²) < 4.78 is -0.344. The molecule has 0 aromatic heterocycles. The lowest BCUT2D eigenvalue weighted by Crippen LogP contribution is -2.20. The number of oxime groups is 1. The van der Waals surface area contributed by atoms with Crippen molar-refractivity contribution in [1.82, 2.24) is 5.32 Å². The molecule has 0 saturated heterocycles. The number of thioether (sulfide) groups is 1. The number of hydrogen-bond acceptors (Lipinski definition) is 5. The van der Waals surface area contributed by atoms with E-state index in [1.54, 1.807) is 18.0 Å². The summed E-state index contributed by atoms with van der Waals surface area (Å²) in [6, 6.07) is 7.48. The Hall–Kier alpha value is -2.02. The Bertz CT molecular complexity index is 527. The fraction of sp³-hybridized carbons (Fsp3) is 0.357. The van der Waals surface area contributed by atoms with Crippen LogP contribution in [0.1, 0.15) is 20.8 Å². The van der Waals surface area contributed by atoms with Crippen molar-refractivity contribution >= 4 is 35.7 Å². The minimum atomic E-state index is -0.605. The number of amides is 2. The van der Waals surface area contributed by atoms with Gasteiger partial charge in [-0.3, -0.25) is 9.63 Å². The van der Waals surface area contributed by atoms with Gasteiger partial charge in [-0.15, -0.1) is 11.8 Å². The van der Waals surface area contributed by atoms with Crippen molar-refractivity contribution in [3.63, 3.8) is 0 Å². The van der Waals surface area contributed by atoms with Gasteiger partial charge < -0.3 is 10.6 Å². The molecule has 1 aromatic carbocycles. The SMILES string of the molecule is CNC(=O)O/N=C/C(C)(C)Sc1ccc(NC(C)=O)cc1. The van der Waals surface area contributed by atoms with Crippen molar-refractivity contribution in [1.29, 1.82) is 0 Å². The first-order valence-electron chi connectivity index (χ1n) is 6.32. The molecule has 0 radical (unpaired) electrons. The van der Waals surface area contributed by atoms with Crippen LogP contribution >= 0.6 is 11.8 Å². The third-order valence-electron chi connectivity index (χ3n) is 2.26. The summed E-state index contributed by atoms with van der Waals surface area (Å²) in [6.45, 7) is 5.38. The van der Waals surface area contributed by atoms with Crippen LogP contribution in [0.25, 0.3) is 0 Å². The lowest BCUT2D eigenvalue weighted by atomic mass is 10.2. The number of benzene rings is 1. The molecule has 6 nitrogen and oxygen atoms in total. The second-order valence-corrected chi connectivity index (χ2v) is 6.50. The standard InChI is InChI=1S/C14H19N3O3S/c1-10(18)17-11-5-7-12(8-6-11)21-14(2,3)9-16-20-13(19)15-4/h5-9H,1-4H3,(H,15,19)(H,17,18)/b16-9+. The molecule has 114 valence electrons. The number of nitrogens with zero attached hydrogens (tertiary/aromatic N) is 1. The smallest absolute Gasteiger partial charge is 0.326 e. The van der Waals surface area contributed by atoms with Gasteiger partial charge in [-0.2, -0.15) is 0 Å². The zero-order valence-electron chi connectivity index (χ0n) is 12.5. The van der Waals surface area contributed by atoms with Crippen LogP contribution in [-0.2, 0) is 9.63 Å². The van der Waals surface area contributed by atoms with Crippen molar-refractivity contribution in [2.75, 3.05) is 12.4 Å². The van der Waals surface area contributed by atoms with Gasteiger partial charge in [-0.05, 0) is 38.1 Å². The maximum absolute atomic E-state index is 10.9. The Morgan fingerprint density at radius 2 is 1.90 bits per heavy atom. The summed E-state index contributed by atoms with van der Waals surface area (Å²) in [7, 11) is 1.47. The van der Waals surface area contributed by atoms with Gasteiger partial charge in [0.1, 0.15) is 0 Å². The van der Waals surface area contributed by atoms with E-state index >= 15 is 0 Å². The van der Waals surface area contributed by atoms with Gasteiger partial charge in [0.2, 0.25) is 5.91 Å². The third kappa shape index (κ3) is 6.80. The quantitative estimate of drug-likeness (QED) is 0.379. The molecular weight excluding hydrogens is 290 g/mol. The fourth-order valence-corrected chi connectivity index (χ4v) is 2.36. The number of hydrogen-bond donors (Lipinski definition) is 2. The monoisotopic (exact) mass is 309 g/mol. The minimum absolute atomic E-state index is 0.103. The molecular formula is C14H19N3O3S. The van der Waals surface area contributed by atoms with Gasteiger partial charge in [0.05, 0.1) is 11.0 Å². The van der Waals surface area contributed by atoms with Crippen molar-refractivity contribution < 1.29 is 14.4 Å². The largest absolute Gasteiger partial charge is 0.433 e. The highest BCUT2D eigenvalue weighted by Crippen LogP contribution is 2.31. The van der Waals surface area contributed by atoms with Crippen LogP contribution in [0.15, 0.2) is 34.3 Å². The molecule has 0 bridgehead atoms. The Labute approximate surface area is 128 Å². The van der Waals surface area contributed by atoms with E-state index in [4.69, 9.17) is 0 Å². The molecule has 1 aromatic rings. The van der Waals surface area contributed by atoms with Crippen LogP contribution in [-0.4, -0.2) is 30.0 Å². The minimum Gasteiger partial charge on any atom is -0.326 e. The summed E-state index contributed by atoms with van der Waals surface area (Å²) in [5, 5.41) is 8.67. The first kappa shape index (κ1) is 17.0. The molecule has 0 heterocycles. The average molecular weight is 309 g/mol. The van der Waals surface area contributed by atoms with Crippen LogP contribution in [0.5, 0.6) is 0 Å². The molecule has 7 heteroatoms. The van der Waals surface area contributed by atoms with Gasteiger partial charge in [0, 0.05) is 24.6 Å². The van der Waals surface area contributed by atoms with Gasteiger partial charge in [0.25, 0.3) is 0 Å². The van der Waals surface area contributed by atoms with Crippen molar-refractivity contribution in [2.45, 2.75) is 30.4 Å². The van der Waals surface area contributed by atoms with E-state index in [-0.39, 0.29) is 10.7 Å². The highest BCUT2D eigenvalue weighted by molar-refractivity contribution is 8.01. The number of carbonyl (C=O) groups excluding carboxylic acids is 2. The van der Waals surface area contributed by atoms with Crippen LogP contribution < -0.4 is 10.6 Å². The maximum atomic E-state index is 10.9. The number of nitrogens with one attached hydrogen (secondary N) is 2. The lowest BCUT2D eigenvalue weighted by Gasteiger charge is -2.18. The molecule has 0 saturated carbocycles. The van der Waals surface area contributed by atoms with E-state index in [1.807, 2.05) is 38.1 Å². The highest BCUT2D eigenvalue weighted by Gasteiger charge is 2.17. The van der Waals surface area contributed by atoms with Crippen LogP contribution in [0.2, 0.25) is 0 Å². The molecule has 2 amide bonds. The molecule has 0 atom stereocenters. The van der Waals surface area contributed by atoms with E-state index in [0.29, 0.717) is 0 Å². The fourth-order valence-electron chi connectivity index (χ4n) is 1.39. The van der Waals surface area contributed by atoms with Gasteiger partial charge in [-0.1, -0.05) is 5.16 Å². The Morgan fingerprint density at radius 1 is 1.29 bits per heavy atom. The first-order chi connectivity index (χ1) is 9.82. The summed E-state index contributed by atoms with van der Waals surface area (Å²) in [6.07, 6.45) is 0.959. The highest BCUT2D eigenvalue weighted by atomic mass is 32.2. The van der Waals surface area contributed by atoms with Gasteiger partial charge in [-0.25, -0.2) is 4.79 Å². The predicted octanol–water partition coefficient (Wildman–Crippen LogP) is 2.86. The number of anilines is 1. The number of rotatable bonds is 5. The molecule has 0 aliphatic carbocycles. The van der Waals surface area contributed by atoms with E-state index in [2.05, 4.69) is 20.6 Å². The molecule has 0 unspecified atom stereocenters. The lowest BCUT2D eigenvalue weighted by molar-refractivity contribution is -0.114. The second kappa shape index (κ2) is 7.68. The average Bonchev–Trinajstić information content (AvgIpc) is 2.39. The molecule has 0 fully saturated rings. The Balaban J connectivity index is 2.62. The summed E-state index contributed by atoms with van der Waals surface area (Å²) >= 11 is 1.56. The Kier molecular flexibility index (Phi) is 6.23. The van der Waals surface area contributed by atoms with E-state index < -0.39 is 6.09 Å². The summed E-state index contributed by atoms with van der Waals surface area (Å²) in [4.78, 5) is 27.4. The summed E-state index contributed by atoms with van der Waals surface area (Å²) in [5.41, 5.74) is 0.751. The molecule has 2 N–H and O–H groups in total. The van der Waals surface area contributed by atoms with Crippen molar-refractivity contribution in [2.24, 2.45) is 5.16 Å². The topological polar surface area (TPSA) is 79.8 Å². The Morgan fingerprint density at radius 3 is 2.43 bits per heavy atom. The zero-order chi connectivity index (χ0) is 15.9. The molecule has 0 spiro atoms. The maximum Gasteiger partial charge on any atom is 0.433 e. The van der Waals surface area contributed by atoms with Crippen LogP contribution in [0.3, 0.4) is 0 Å². The molecule has 1 rings (SSSR count). The molecule has 0 aliphatic rings. The zero-order valence-corrected chi connectivity index (χ0v) is 13.3. The third-order valence-corrected chi connectivity index (χ3v) is 3.40. The van der Waals surface area contributed by atoms with E-state index in [9.17, 15) is 9.59 Å². The van der Waals surface area contributed by atoms with Crippen LogP contribution in [0, 0.1) is 0 Å².